The Morgan fingerprint density at radius 1 is 1.38 bits per heavy atom. The van der Waals surface area contributed by atoms with Gasteiger partial charge in [-0.05, 0) is 18.6 Å². The van der Waals surface area contributed by atoms with Crippen LogP contribution in [-0.2, 0) is 4.79 Å². The fourth-order valence-corrected chi connectivity index (χ4v) is 1.22. The summed E-state index contributed by atoms with van der Waals surface area (Å²) in [6, 6.07) is 3.15. The van der Waals surface area contributed by atoms with Gasteiger partial charge in [-0.3, -0.25) is 4.79 Å². The number of Topliss-reactive ketones (excluding diaryl/α,β-unsaturated/α-hetero) is 1. The zero-order valence-electron chi connectivity index (χ0n) is 9.13. The van der Waals surface area contributed by atoms with E-state index >= 15 is 0 Å². The van der Waals surface area contributed by atoms with Crippen LogP contribution in [0.4, 0.5) is 8.78 Å². The monoisotopic (exact) mass is 228 g/mol. The lowest BCUT2D eigenvalue weighted by Crippen LogP contribution is -2.03. The molecule has 2 nitrogen and oxygen atoms in total. The minimum atomic E-state index is -0.721. The van der Waals surface area contributed by atoms with E-state index < -0.39 is 11.6 Å². The van der Waals surface area contributed by atoms with E-state index in [4.69, 9.17) is 4.74 Å². The number of ether oxygens (including phenoxy) is 1. The molecule has 0 spiro atoms. The van der Waals surface area contributed by atoms with Crippen LogP contribution in [0.5, 0.6) is 5.75 Å². The normalized spacial score (nSPS) is 10.2. The number of rotatable bonds is 6. The van der Waals surface area contributed by atoms with Crippen LogP contribution in [0.3, 0.4) is 0 Å². The van der Waals surface area contributed by atoms with E-state index in [0.717, 1.165) is 12.1 Å². The summed E-state index contributed by atoms with van der Waals surface area (Å²) in [4.78, 5) is 11.0. The van der Waals surface area contributed by atoms with Gasteiger partial charge in [-0.2, -0.15) is 0 Å². The number of carbonyl (C=O) groups is 1. The van der Waals surface area contributed by atoms with Gasteiger partial charge in [-0.15, -0.1) is 0 Å². The predicted octanol–water partition coefficient (Wildman–Crippen LogP) is 3.10. The molecule has 0 radical (unpaired) electrons. The van der Waals surface area contributed by atoms with E-state index in [1.807, 2.05) is 0 Å². The lowest BCUT2D eigenvalue weighted by Gasteiger charge is -2.06. The lowest BCUT2D eigenvalue weighted by molar-refractivity contribution is -0.118. The lowest BCUT2D eigenvalue weighted by atomic mass is 10.2. The van der Waals surface area contributed by atoms with Gasteiger partial charge in [0.2, 0.25) is 0 Å². The Balaban J connectivity index is 2.35. The van der Waals surface area contributed by atoms with Crippen LogP contribution in [-0.4, -0.2) is 12.4 Å². The minimum Gasteiger partial charge on any atom is -0.491 e. The molecule has 0 aliphatic heterocycles. The Morgan fingerprint density at radius 2 is 2.12 bits per heavy atom. The van der Waals surface area contributed by atoms with Crippen molar-refractivity contribution in [3.8, 4) is 5.75 Å². The van der Waals surface area contributed by atoms with Crippen LogP contribution >= 0.6 is 0 Å². The largest absolute Gasteiger partial charge is 0.491 e. The standard InChI is InChI=1S/C12H14F2O2/c1-2-10(15)4-3-7-16-12-6-5-9(13)8-11(12)14/h5-6,8H,2-4,7H2,1H3. The minimum absolute atomic E-state index is 0.0188. The molecule has 1 aromatic carbocycles. The molecule has 0 aliphatic rings. The quantitative estimate of drug-likeness (QED) is 0.699. The highest BCUT2D eigenvalue weighted by Gasteiger charge is 2.05. The average molecular weight is 228 g/mol. The number of ketones is 1. The summed E-state index contributed by atoms with van der Waals surface area (Å²) in [7, 11) is 0. The smallest absolute Gasteiger partial charge is 0.167 e. The molecule has 88 valence electrons. The van der Waals surface area contributed by atoms with Gasteiger partial charge in [0, 0.05) is 18.9 Å². The maximum absolute atomic E-state index is 13.1. The van der Waals surface area contributed by atoms with Crippen LogP contribution in [0, 0.1) is 11.6 Å². The first-order chi connectivity index (χ1) is 7.63. The van der Waals surface area contributed by atoms with E-state index in [-0.39, 0.29) is 18.1 Å². The summed E-state index contributed by atoms with van der Waals surface area (Å²) >= 11 is 0. The van der Waals surface area contributed by atoms with Crippen molar-refractivity contribution in [1.82, 2.24) is 0 Å². The average Bonchev–Trinajstić information content (AvgIpc) is 2.26. The molecule has 0 saturated heterocycles. The van der Waals surface area contributed by atoms with Crippen molar-refractivity contribution in [2.45, 2.75) is 26.2 Å². The summed E-state index contributed by atoms with van der Waals surface area (Å²) in [6.45, 7) is 2.05. The van der Waals surface area contributed by atoms with Crippen molar-refractivity contribution in [3.63, 3.8) is 0 Å². The summed E-state index contributed by atoms with van der Waals surface area (Å²) in [5.41, 5.74) is 0. The summed E-state index contributed by atoms with van der Waals surface area (Å²) in [5, 5.41) is 0. The van der Waals surface area contributed by atoms with Gasteiger partial charge in [0.25, 0.3) is 0 Å². The first-order valence-corrected chi connectivity index (χ1v) is 5.23. The molecule has 0 fully saturated rings. The van der Waals surface area contributed by atoms with Crippen molar-refractivity contribution >= 4 is 5.78 Å². The highest BCUT2D eigenvalue weighted by atomic mass is 19.1. The van der Waals surface area contributed by atoms with E-state index in [9.17, 15) is 13.6 Å². The summed E-state index contributed by atoms with van der Waals surface area (Å²) < 4.78 is 30.7. The summed E-state index contributed by atoms with van der Waals surface area (Å²) in [6.07, 6.45) is 1.48. The molecule has 1 rings (SSSR count). The highest BCUT2D eigenvalue weighted by molar-refractivity contribution is 5.77. The summed E-state index contributed by atoms with van der Waals surface area (Å²) in [5.74, 6) is -1.18. The molecule has 16 heavy (non-hydrogen) atoms. The Labute approximate surface area is 93.2 Å². The van der Waals surface area contributed by atoms with Gasteiger partial charge in [0.15, 0.2) is 11.6 Å². The molecule has 0 aliphatic carbocycles. The van der Waals surface area contributed by atoms with Gasteiger partial charge >= 0.3 is 0 Å². The van der Waals surface area contributed by atoms with Gasteiger partial charge < -0.3 is 4.74 Å². The number of benzene rings is 1. The molecule has 0 heterocycles. The molecule has 0 saturated carbocycles. The molecule has 0 amide bonds. The Hall–Kier alpha value is -1.45. The van der Waals surface area contributed by atoms with Crippen molar-refractivity contribution in [2.24, 2.45) is 0 Å². The van der Waals surface area contributed by atoms with Crippen LogP contribution in [0.1, 0.15) is 26.2 Å². The van der Waals surface area contributed by atoms with Crippen LogP contribution in [0.25, 0.3) is 0 Å². The predicted molar refractivity (Wildman–Crippen MR) is 56.4 cm³/mol. The number of hydrogen-bond acceptors (Lipinski definition) is 2. The number of carbonyl (C=O) groups excluding carboxylic acids is 1. The first-order valence-electron chi connectivity index (χ1n) is 5.23. The maximum Gasteiger partial charge on any atom is 0.167 e. The Kier molecular flexibility index (Phi) is 4.89. The van der Waals surface area contributed by atoms with Crippen LogP contribution in [0.2, 0.25) is 0 Å². The molecule has 0 atom stereocenters. The number of hydrogen-bond donors (Lipinski definition) is 0. The SMILES string of the molecule is CCC(=O)CCCOc1ccc(F)cc1F. The molecule has 4 heteroatoms. The van der Waals surface area contributed by atoms with E-state index in [1.165, 1.54) is 6.07 Å². The third-order valence-electron chi connectivity index (χ3n) is 2.15. The molecular formula is C12H14F2O2. The van der Waals surface area contributed by atoms with Crippen molar-refractivity contribution < 1.29 is 18.3 Å². The second-order valence-corrected chi connectivity index (χ2v) is 3.42. The van der Waals surface area contributed by atoms with Crippen LogP contribution in [0.15, 0.2) is 18.2 Å². The Bertz CT molecular complexity index is 364. The van der Waals surface area contributed by atoms with Crippen molar-refractivity contribution in [2.75, 3.05) is 6.61 Å². The molecule has 0 aromatic heterocycles. The topological polar surface area (TPSA) is 26.3 Å². The second kappa shape index (κ2) is 6.20. The highest BCUT2D eigenvalue weighted by Crippen LogP contribution is 2.17. The molecular weight excluding hydrogens is 214 g/mol. The molecule has 0 unspecified atom stereocenters. The third kappa shape index (κ3) is 3.96. The fourth-order valence-electron chi connectivity index (χ4n) is 1.22. The van der Waals surface area contributed by atoms with Crippen molar-refractivity contribution in [1.29, 1.82) is 0 Å². The zero-order chi connectivity index (χ0) is 12.0. The van der Waals surface area contributed by atoms with Gasteiger partial charge in [0.1, 0.15) is 11.6 Å². The Morgan fingerprint density at radius 3 is 2.75 bits per heavy atom. The van der Waals surface area contributed by atoms with E-state index in [0.29, 0.717) is 19.3 Å². The molecule has 0 N–H and O–H groups in total. The third-order valence-corrected chi connectivity index (χ3v) is 2.15. The molecule has 1 aromatic rings. The first kappa shape index (κ1) is 12.6. The van der Waals surface area contributed by atoms with Gasteiger partial charge in [0.05, 0.1) is 6.61 Å². The number of halogens is 2. The fraction of sp³-hybridized carbons (Fsp3) is 0.417. The zero-order valence-corrected chi connectivity index (χ0v) is 9.13. The maximum atomic E-state index is 13.1. The second-order valence-electron chi connectivity index (χ2n) is 3.42. The van der Waals surface area contributed by atoms with Gasteiger partial charge in [-0.25, -0.2) is 8.78 Å². The van der Waals surface area contributed by atoms with E-state index in [2.05, 4.69) is 0 Å². The van der Waals surface area contributed by atoms with E-state index in [1.54, 1.807) is 6.92 Å². The molecule has 0 bridgehead atoms. The van der Waals surface area contributed by atoms with Gasteiger partial charge in [-0.1, -0.05) is 6.92 Å². The van der Waals surface area contributed by atoms with Crippen LogP contribution < -0.4 is 4.74 Å². The van der Waals surface area contributed by atoms with Crippen molar-refractivity contribution in [3.05, 3.63) is 29.8 Å².